The first-order chi connectivity index (χ1) is 11.9. The van der Waals surface area contributed by atoms with E-state index in [1.165, 1.54) is 38.5 Å². The third kappa shape index (κ3) is 3.50. The molecule has 1 atom stereocenters. The van der Waals surface area contributed by atoms with E-state index in [1.807, 2.05) is 12.1 Å². The number of carbonyl (C=O) groups is 1. The van der Waals surface area contributed by atoms with Crippen LogP contribution in [0.5, 0.6) is 0 Å². The molecule has 3 nitrogen and oxygen atoms in total. The van der Waals surface area contributed by atoms with Gasteiger partial charge in [-0.15, -0.1) is 0 Å². The number of carbonyl (C=O) groups excluding carboxylic acids is 1. The number of hydrogen-bond donors (Lipinski definition) is 2. The molecule has 0 heterocycles. The molecule has 5 heteroatoms. The fourth-order valence-corrected chi connectivity index (χ4v) is 6.40. The van der Waals surface area contributed by atoms with E-state index in [-0.39, 0.29) is 5.91 Å². The number of hydrogen-bond acceptors (Lipinski definition) is 2. The van der Waals surface area contributed by atoms with Crippen LogP contribution in [-0.4, -0.2) is 17.1 Å². The topological polar surface area (TPSA) is 41.1 Å². The van der Waals surface area contributed by atoms with Crippen LogP contribution in [0.25, 0.3) is 0 Å². The van der Waals surface area contributed by atoms with Gasteiger partial charge in [-0.05, 0) is 105 Å². The Labute approximate surface area is 163 Å². The molecule has 4 aliphatic carbocycles. The highest BCUT2D eigenvalue weighted by Crippen LogP contribution is 2.61. The Morgan fingerprint density at radius 2 is 1.64 bits per heavy atom. The molecule has 5 rings (SSSR count). The Bertz CT molecular complexity index is 652. The molecule has 4 saturated carbocycles. The molecule has 2 N–H and O–H groups in total. The molecule has 0 aliphatic heterocycles. The van der Waals surface area contributed by atoms with Crippen molar-refractivity contribution in [3.8, 4) is 0 Å². The van der Waals surface area contributed by atoms with Crippen molar-refractivity contribution in [2.75, 3.05) is 0 Å². The number of thiocarbonyl (C=S) groups is 1. The molecule has 0 radical (unpaired) electrons. The molecule has 4 bridgehead atoms. The lowest BCUT2D eigenvalue weighted by atomic mass is 9.48. The molecule has 1 unspecified atom stereocenters. The summed E-state index contributed by atoms with van der Waals surface area (Å²) in [6.07, 6.45) is 8.31. The van der Waals surface area contributed by atoms with Crippen LogP contribution in [0.2, 0.25) is 0 Å². The molecular formula is C20H25BrN2OS. The zero-order chi connectivity index (χ0) is 17.6. The first-order valence-corrected chi connectivity index (χ1v) is 10.5. The van der Waals surface area contributed by atoms with Crippen molar-refractivity contribution in [1.82, 2.24) is 10.6 Å². The van der Waals surface area contributed by atoms with Gasteiger partial charge in [0.2, 0.25) is 0 Å². The number of halogens is 1. The summed E-state index contributed by atoms with van der Waals surface area (Å²) in [5.41, 5.74) is 0.996. The maximum Gasteiger partial charge on any atom is 0.257 e. The fraction of sp³-hybridized carbons (Fsp3) is 0.600. The van der Waals surface area contributed by atoms with Crippen molar-refractivity contribution < 1.29 is 4.79 Å². The minimum absolute atomic E-state index is 0.150. The minimum atomic E-state index is -0.150. The Morgan fingerprint density at radius 3 is 2.16 bits per heavy atom. The van der Waals surface area contributed by atoms with E-state index in [4.69, 9.17) is 12.2 Å². The highest BCUT2D eigenvalue weighted by atomic mass is 79.9. The van der Waals surface area contributed by atoms with Gasteiger partial charge in [-0.3, -0.25) is 10.1 Å². The van der Waals surface area contributed by atoms with Gasteiger partial charge >= 0.3 is 0 Å². The van der Waals surface area contributed by atoms with Crippen LogP contribution in [0.15, 0.2) is 28.7 Å². The van der Waals surface area contributed by atoms with Crippen molar-refractivity contribution in [2.45, 2.75) is 51.5 Å². The molecule has 0 spiro atoms. The molecule has 0 aromatic heterocycles. The Hall–Kier alpha value is -0.940. The van der Waals surface area contributed by atoms with Gasteiger partial charge in [0.25, 0.3) is 5.91 Å². The fourth-order valence-electron chi connectivity index (χ4n) is 5.87. The molecule has 1 aromatic rings. The van der Waals surface area contributed by atoms with Crippen LogP contribution < -0.4 is 10.6 Å². The van der Waals surface area contributed by atoms with Gasteiger partial charge < -0.3 is 5.32 Å². The molecular weight excluding hydrogens is 396 g/mol. The van der Waals surface area contributed by atoms with Crippen LogP contribution in [0.4, 0.5) is 0 Å². The Kier molecular flexibility index (Phi) is 4.65. The third-order valence-corrected chi connectivity index (χ3v) is 7.43. The van der Waals surface area contributed by atoms with Crippen LogP contribution in [0.1, 0.15) is 55.8 Å². The molecule has 25 heavy (non-hydrogen) atoms. The quantitative estimate of drug-likeness (QED) is 0.698. The number of benzene rings is 1. The number of amides is 1. The standard InChI is InChI=1S/C20H25BrN2OS/c1-12(20-9-13-6-14(10-20)8-15(7-13)11-20)22-19(25)23-18(24)16-2-4-17(21)5-3-16/h2-5,12-15H,6-11H2,1H3,(H2,22,23,24,25). The van der Waals surface area contributed by atoms with Crippen molar-refractivity contribution in [3.63, 3.8) is 0 Å². The van der Waals surface area contributed by atoms with Crippen molar-refractivity contribution >= 4 is 39.2 Å². The maximum absolute atomic E-state index is 12.3. The summed E-state index contributed by atoms with van der Waals surface area (Å²) in [5.74, 6) is 2.60. The van der Waals surface area contributed by atoms with E-state index in [0.29, 0.717) is 22.1 Å². The van der Waals surface area contributed by atoms with E-state index < -0.39 is 0 Å². The number of rotatable bonds is 3. The van der Waals surface area contributed by atoms with E-state index in [1.54, 1.807) is 12.1 Å². The van der Waals surface area contributed by atoms with Crippen molar-refractivity contribution in [2.24, 2.45) is 23.2 Å². The van der Waals surface area contributed by atoms with Crippen LogP contribution in [-0.2, 0) is 0 Å². The monoisotopic (exact) mass is 420 g/mol. The molecule has 0 saturated heterocycles. The SMILES string of the molecule is CC(NC(=S)NC(=O)c1ccc(Br)cc1)C12CC3CC(CC(C3)C1)C2. The van der Waals surface area contributed by atoms with Gasteiger partial charge in [-0.1, -0.05) is 15.9 Å². The van der Waals surface area contributed by atoms with Gasteiger partial charge in [0.1, 0.15) is 0 Å². The van der Waals surface area contributed by atoms with Gasteiger partial charge in [0, 0.05) is 16.1 Å². The maximum atomic E-state index is 12.3. The molecule has 1 aromatic carbocycles. The highest BCUT2D eigenvalue weighted by Gasteiger charge is 2.53. The van der Waals surface area contributed by atoms with Crippen molar-refractivity contribution in [1.29, 1.82) is 0 Å². The summed E-state index contributed by atoms with van der Waals surface area (Å²) in [6.45, 7) is 2.26. The summed E-state index contributed by atoms with van der Waals surface area (Å²) < 4.78 is 0.959. The summed E-state index contributed by atoms with van der Waals surface area (Å²) >= 11 is 8.82. The normalized spacial score (nSPS) is 33.8. The number of nitrogens with one attached hydrogen (secondary N) is 2. The van der Waals surface area contributed by atoms with Crippen LogP contribution >= 0.6 is 28.1 Å². The lowest BCUT2D eigenvalue weighted by Gasteiger charge is -2.59. The largest absolute Gasteiger partial charge is 0.359 e. The van der Waals surface area contributed by atoms with Gasteiger partial charge in [-0.25, -0.2) is 0 Å². The highest BCUT2D eigenvalue weighted by molar-refractivity contribution is 9.10. The summed E-state index contributed by atoms with van der Waals surface area (Å²) in [6, 6.07) is 7.64. The molecule has 134 valence electrons. The van der Waals surface area contributed by atoms with Gasteiger partial charge in [0.05, 0.1) is 0 Å². The second-order valence-electron chi connectivity index (χ2n) is 8.44. The Morgan fingerprint density at radius 1 is 1.12 bits per heavy atom. The van der Waals surface area contributed by atoms with E-state index >= 15 is 0 Å². The van der Waals surface area contributed by atoms with Gasteiger partial charge in [0.15, 0.2) is 5.11 Å². The molecule has 4 fully saturated rings. The van der Waals surface area contributed by atoms with Gasteiger partial charge in [-0.2, -0.15) is 0 Å². The lowest BCUT2D eigenvalue weighted by Crippen LogP contribution is -2.57. The predicted octanol–water partition coefficient (Wildman–Crippen LogP) is 4.66. The first kappa shape index (κ1) is 17.5. The second-order valence-corrected chi connectivity index (χ2v) is 9.76. The van der Waals surface area contributed by atoms with E-state index in [2.05, 4.69) is 33.5 Å². The Balaban J connectivity index is 1.37. The lowest BCUT2D eigenvalue weighted by molar-refractivity contribution is -0.0672. The first-order valence-electron chi connectivity index (χ1n) is 9.31. The summed E-state index contributed by atoms with van der Waals surface area (Å²) in [5, 5.41) is 6.74. The minimum Gasteiger partial charge on any atom is -0.359 e. The van der Waals surface area contributed by atoms with E-state index in [0.717, 1.165) is 22.2 Å². The summed E-state index contributed by atoms with van der Waals surface area (Å²) in [4.78, 5) is 12.3. The average molecular weight is 421 g/mol. The van der Waals surface area contributed by atoms with E-state index in [9.17, 15) is 4.79 Å². The zero-order valence-corrected chi connectivity index (χ0v) is 17.0. The van der Waals surface area contributed by atoms with Crippen molar-refractivity contribution in [3.05, 3.63) is 34.3 Å². The average Bonchev–Trinajstić information content (AvgIpc) is 2.54. The zero-order valence-electron chi connectivity index (χ0n) is 14.6. The summed E-state index contributed by atoms with van der Waals surface area (Å²) in [7, 11) is 0. The molecule has 4 aliphatic rings. The second kappa shape index (κ2) is 6.66. The molecule has 1 amide bonds. The van der Waals surface area contributed by atoms with Crippen LogP contribution in [0.3, 0.4) is 0 Å². The third-order valence-electron chi connectivity index (χ3n) is 6.69. The predicted molar refractivity (Wildman–Crippen MR) is 107 cm³/mol. The smallest absolute Gasteiger partial charge is 0.257 e. The van der Waals surface area contributed by atoms with Crippen LogP contribution in [0, 0.1) is 23.2 Å².